The van der Waals surface area contributed by atoms with Crippen LogP contribution in [0.1, 0.15) is 5.56 Å². The SMILES string of the molecule is COc1nn(-c2ccc(NC(=O)Cc3ccc(Cl)cc3)cc2)c(=O)o1. The number of anilines is 1. The Morgan fingerprint density at radius 3 is 2.48 bits per heavy atom. The van der Waals surface area contributed by atoms with Crippen molar-refractivity contribution >= 4 is 23.2 Å². The molecule has 8 heteroatoms. The molecule has 0 saturated heterocycles. The van der Waals surface area contributed by atoms with Gasteiger partial charge in [0.1, 0.15) is 0 Å². The molecular formula is C17H14ClN3O4. The van der Waals surface area contributed by atoms with Crippen LogP contribution in [-0.4, -0.2) is 22.8 Å². The number of carbonyl (C=O) groups is 1. The first-order chi connectivity index (χ1) is 12.0. The van der Waals surface area contributed by atoms with E-state index in [1.54, 1.807) is 48.5 Å². The van der Waals surface area contributed by atoms with Crippen LogP contribution in [0.25, 0.3) is 5.69 Å². The second kappa shape index (κ2) is 7.23. The lowest BCUT2D eigenvalue weighted by atomic mass is 10.1. The van der Waals surface area contributed by atoms with E-state index >= 15 is 0 Å². The highest BCUT2D eigenvalue weighted by Crippen LogP contribution is 2.14. The minimum atomic E-state index is -0.656. The maximum Gasteiger partial charge on any atom is 0.444 e. The maximum absolute atomic E-state index is 12.1. The Kier molecular flexibility index (Phi) is 4.85. The topological polar surface area (TPSA) is 86.4 Å². The number of aromatic nitrogens is 2. The van der Waals surface area contributed by atoms with E-state index in [4.69, 9.17) is 20.8 Å². The average molecular weight is 360 g/mol. The molecule has 0 bridgehead atoms. The zero-order valence-electron chi connectivity index (χ0n) is 13.2. The lowest BCUT2D eigenvalue weighted by Gasteiger charge is -2.06. The minimum Gasteiger partial charge on any atom is -0.452 e. The highest BCUT2D eigenvalue weighted by molar-refractivity contribution is 6.30. The number of benzene rings is 2. The van der Waals surface area contributed by atoms with Crippen molar-refractivity contribution < 1.29 is 13.9 Å². The van der Waals surface area contributed by atoms with E-state index in [0.717, 1.165) is 10.2 Å². The van der Waals surface area contributed by atoms with Gasteiger partial charge in [-0.3, -0.25) is 4.79 Å². The lowest BCUT2D eigenvalue weighted by Crippen LogP contribution is -2.15. The number of hydrogen-bond donors (Lipinski definition) is 1. The molecule has 2 aromatic carbocycles. The first kappa shape index (κ1) is 16.8. The highest BCUT2D eigenvalue weighted by atomic mass is 35.5. The molecule has 0 aliphatic carbocycles. The molecule has 0 aliphatic heterocycles. The van der Waals surface area contributed by atoms with Crippen LogP contribution in [0.3, 0.4) is 0 Å². The van der Waals surface area contributed by atoms with Gasteiger partial charge in [0.25, 0.3) is 0 Å². The Hall–Kier alpha value is -3.06. The number of methoxy groups -OCH3 is 1. The van der Waals surface area contributed by atoms with Gasteiger partial charge in [-0.05, 0) is 42.0 Å². The number of nitrogens with zero attached hydrogens (tertiary/aromatic N) is 2. The fourth-order valence-corrected chi connectivity index (χ4v) is 2.31. The molecule has 1 N–H and O–H groups in total. The summed E-state index contributed by atoms with van der Waals surface area (Å²) < 4.78 is 10.6. The van der Waals surface area contributed by atoms with E-state index in [-0.39, 0.29) is 18.4 Å². The van der Waals surface area contributed by atoms with Gasteiger partial charge in [0, 0.05) is 10.7 Å². The second-order valence-electron chi connectivity index (χ2n) is 5.15. The molecule has 3 rings (SSSR count). The van der Waals surface area contributed by atoms with Crippen molar-refractivity contribution in [1.82, 2.24) is 9.78 Å². The van der Waals surface area contributed by atoms with Gasteiger partial charge in [0.2, 0.25) is 5.91 Å². The lowest BCUT2D eigenvalue weighted by molar-refractivity contribution is -0.115. The Morgan fingerprint density at radius 1 is 1.20 bits per heavy atom. The molecule has 1 amide bonds. The van der Waals surface area contributed by atoms with E-state index in [0.29, 0.717) is 16.4 Å². The summed E-state index contributed by atoms with van der Waals surface area (Å²) in [6.07, 6.45) is 0.115. The number of rotatable bonds is 5. The van der Waals surface area contributed by atoms with E-state index in [1.807, 2.05) is 0 Å². The summed E-state index contributed by atoms with van der Waals surface area (Å²) in [6.45, 7) is 0. The van der Waals surface area contributed by atoms with Gasteiger partial charge in [-0.15, -0.1) is 0 Å². The first-order valence-corrected chi connectivity index (χ1v) is 7.72. The molecule has 0 aliphatic rings. The predicted molar refractivity (Wildman–Crippen MR) is 92.4 cm³/mol. The van der Waals surface area contributed by atoms with Crippen LogP contribution in [0.5, 0.6) is 6.08 Å². The monoisotopic (exact) mass is 359 g/mol. The summed E-state index contributed by atoms with van der Waals surface area (Å²) in [5.74, 6) is -0.813. The Bertz CT molecular complexity index is 930. The van der Waals surface area contributed by atoms with Crippen molar-refractivity contribution in [1.29, 1.82) is 0 Å². The molecule has 0 radical (unpaired) electrons. The van der Waals surface area contributed by atoms with Crippen LogP contribution < -0.4 is 15.8 Å². The van der Waals surface area contributed by atoms with Crippen molar-refractivity contribution in [3.8, 4) is 11.8 Å². The minimum absolute atomic E-state index is 0.120. The van der Waals surface area contributed by atoms with Crippen molar-refractivity contribution in [2.45, 2.75) is 6.42 Å². The summed E-state index contributed by atoms with van der Waals surface area (Å²) >= 11 is 5.82. The highest BCUT2D eigenvalue weighted by Gasteiger charge is 2.10. The zero-order valence-corrected chi connectivity index (χ0v) is 14.0. The molecule has 3 aromatic rings. The van der Waals surface area contributed by atoms with Crippen LogP contribution in [-0.2, 0) is 11.2 Å². The molecule has 0 spiro atoms. The van der Waals surface area contributed by atoms with Crippen LogP contribution in [0.4, 0.5) is 5.69 Å². The summed E-state index contributed by atoms with van der Waals surface area (Å²) in [7, 11) is 1.36. The predicted octanol–water partition coefficient (Wildman–Crippen LogP) is 2.67. The van der Waals surface area contributed by atoms with E-state index in [1.165, 1.54) is 7.11 Å². The van der Waals surface area contributed by atoms with Gasteiger partial charge in [0.05, 0.1) is 19.2 Å². The van der Waals surface area contributed by atoms with E-state index < -0.39 is 5.76 Å². The Balaban J connectivity index is 1.67. The van der Waals surface area contributed by atoms with Crippen molar-refractivity contribution in [3.63, 3.8) is 0 Å². The van der Waals surface area contributed by atoms with Crippen LogP contribution in [0, 0.1) is 0 Å². The number of hydrogen-bond acceptors (Lipinski definition) is 5. The van der Waals surface area contributed by atoms with Gasteiger partial charge in [-0.25, -0.2) is 4.79 Å². The molecule has 1 heterocycles. The Labute approximate surface area is 147 Å². The summed E-state index contributed by atoms with van der Waals surface area (Å²) in [5, 5.41) is 7.28. The quantitative estimate of drug-likeness (QED) is 0.756. The third-order valence-corrected chi connectivity index (χ3v) is 3.63. The second-order valence-corrected chi connectivity index (χ2v) is 5.58. The summed E-state index contributed by atoms with van der Waals surface area (Å²) in [4.78, 5) is 23.7. The maximum atomic E-state index is 12.1. The normalized spacial score (nSPS) is 10.5. The molecule has 0 unspecified atom stereocenters. The number of carbonyl (C=O) groups excluding carboxylic acids is 1. The molecular weight excluding hydrogens is 346 g/mol. The van der Waals surface area contributed by atoms with Gasteiger partial charge >= 0.3 is 11.8 Å². The molecule has 128 valence electrons. The fourth-order valence-electron chi connectivity index (χ4n) is 2.19. The van der Waals surface area contributed by atoms with Crippen LogP contribution >= 0.6 is 11.6 Å². The summed E-state index contributed by atoms with van der Waals surface area (Å²) in [6, 6.07) is 13.7. The molecule has 0 fully saturated rings. The molecule has 0 atom stereocenters. The van der Waals surface area contributed by atoms with Crippen molar-refractivity contribution in [2.75, 3.05) is 12.4 Å². The smallest absolute Gasteiger partial charge is 0.444 e. The first-order valence-electron chi connectivity index (χ1n) is 7.34. The van der Waals surface area contributed by atoms with Crippen LogP contribution in [0.2, 0.25) is 5.02 Å². The third-order valence-electron chi connectivity index (χ3n) is 3.38. The van der Waals surface area contributed by atoms with Gasteiger partial charge in [-0.2, -0.15) is 4.68 Å². The van der Waals surface area contributed by atoms with E-state index in [9.17, 15) is 9.59 Å². The molecule has 25 heavy (non-hydrogen) atoms. The van der Waals surface area contributed by atoms with Crippen LogP contribution in [0.15, 0.2) is 57.7 Å². The molecule has 7 nitrogen and oxygen atoms in total. The fraction of sp³-hybridized carbons (Fsp3) is 0.118. The number of halogens is 1. The standard InChI is InChI=1S/C17H14ClN3O4/c1-24-16-20-21(17(23)25-16)14-8-6-13(7-9-14)19-15(22)10-11-2-4-12(18)5-3-11/h2-9H,10H2,1H3,(H,19,22). The third kappa shape index (κ3) is 4.07. The summed E-state index contributed by atoms with van der Waals surface area (Å²) in [5.41, 5.74) is 1.96. The number of amides is 1. The zero-order chi connectivity index (χ0) is 17.8. The van der Waals surface area contributed by atoms with Gasteiger partial charge in [0.15, 0.2) is 0 Å². The Morgan fingerprint density at radius 2 is 1.88 bits per heavy atom. The largest absolute Gasteiger partial charge is 0.452 e. The number of nitrogens with one attached hydrogen (secondary N) is 1. The van der Waals surface area contributed by atoms with Crippen molar-refractivity contribution in [2.24, 2.45) is 0 Å². The van der Waals surface area contributed by atoms with Crippen molar-refractivity contribution in [3.05, 3.63) is 69.7 Å². The molecule has 1 aromatic heterocycles. The van der Waals surface area contributed by atoms with E-state index in [2.05, 4.69) is 10.4 Å². The number of ether oxygens (including phenoxy) is 1. The average Bonchev–Trinajstić information content (AvgIpc) is 2.99. The molecule has 0 saturated carbocycles. The van der Waals surface area contributed by atoms with Gasteiger partial charge in [-0.1, -0.05) is 28.8 Å². The van der Waals surface area contributed by atoms with Gasteiger partial charge < -0.3 is 14.5 Å².